The zero-order valence-electron chi connectivity index (χ0n) is 11.4. The smallest absolute Gasteiger partial charge is 0.406 e. The van der Waals surface area contributed by atoms with Gasteiger partial charge in [-0.2, -0.15) is 0 Å². The number of nitrogens with one attached hydrogen (secondary N) is 1. The van der Waals surface area contributed by atoms with E-state index in [1.165, 1.54) is 12.1 Å². The van der Waals surface area contributed by atoms with Crippen LogP contribution in [0.15, 0.2) is 24.3 Å². The second-order valence-corrected chi connectivity index (χ2v) is 4.30. The van der Waals surface area contributed by atoms with Crippen LogP contribution in [0.3, 0.4) is 0 Å². The molecule has 0 fully saturated rings. The molecule has 1 aromatic carbocycles. The number of alkyl halides is 3. The quantitative estimate of drug-likeness (QED) is 0.758. The van der Waals surface area contributed by atoms with Gasteiger partial charge in [-0.3, -0.25) is 4.79 Å². The molecule has 0 aliphatic heterocycles. The molecule has 0 bridgehead atoms. The number of benzene rings is 1. The SMILES string of the molecule is COCCCC(N)C(=O)Nc1ccc(OC(F)(F)F)cc1. The Bertz CT molecular complexity index is 449. The predicted octanol–water partition coefficient (Wildman–Crippen LogP) is 2.28. The lowest BCUT2D eigenvalue weighted by Crippen LogP contribution is -2.35. The lowest BCUT2D eigenvalue weighted by atomic mass is 10.1. The van der Waals surface area contributed by atoms with E-state index in [0.717, 1.165) is 12.1 Å². The van der Waals surface area contributed by atoms with E-state index in [1.54, 1.807) is 7.11 Å². The number of carbonyl (C=O) groups excluding carboxylic acids is 1. The molecule has 1 rings (SSSR count). The minimum atomic E-state index is -4.74. The van der Waals surface area contributed by atoms with Crippen molar-refractivity contribution in [3.05, 3.63) is 24.3 Å². The number of rotatable bonds is 7. The highest BCUT2D eigenvalue weighted by Crippen LogP contribution is 2.23. The molecule has 3 N–H and O–H groups in total. The van der Waals surface area contributed by atoms with Crippen molar-refractivity contribution in [1.82, 2.24) is 0 Å². The van der Waals surface area contributed by atoms with Gasteiger partial charge in [0.05, 0.1) is 6.04 Å². The van der Waals surface area contributed by atoms with Gasteiger partial charge in [-0.25, -0.2) is 0 Å². The number of amides is 1. The van der Waals surface area contributed by atoms with Crippen LogP contribution in [-0.2, 0) is 9.53 Å². The molecular formula is C13H17F3N2O3. The molecule has 1 atom stereocenters. The minimum absolute atomic E-state index is 0.344. The average Bonchev–Trinajstić information content (AvgIpc) is 2.39. The molecule has 0 saturated heterocycles. The van der Waals surface area contributed by atoms with Crippen LogP contribution in [0.1, 0.15) is 12.8 Å². The van der Waals surface area contributed by atoms with Crippen molar-refractivity contribution in [2.24, 2.45) is 5.73 Å². The molecule has 0 aliphatic carbocycles. The standard InChI is InChI=1S/C13H17F3N2O3/c1-20-8-2-3-11(17)12(19)18-9-4-6-10(7-5-9)21-13(14,15)16/h4-7,11H,2-3,8,17H2,1H3,(H,18,19). The number of hydrogen-bond donors (Lipinski definition) is 2. The Labute approximate surface area is 120 Å². The monoisotopic (exact) mass is 306 g/mol. The lowest BCUT2D eigenvalue weighted by molar-refractivity contribution is -0.274. The van der Waals surface area contributed by atoms with E-state index in [4.69, 9.17) is 10.5 Å². The second kappa shape index (κ2) is 7.84. The normalized spacial score (nSPS) is 12.8. The zero-order valence-corrected chi connectivity index (χ0v) is 11.4. The summed E-state index contributed by atoms with van der Waals surface area (Å²) >= 11 is 0. The maximum atomic E-state index is 12.0. The Hall–Kier alpha value is -1.80. The highest BCUT2D eigenvalue weighted by molar-refractivity contribution is 5.94. The van der Waals surface area contributed by atoms with E-state index in [9.17, 15) is 18.0 Å². The third-order valence-electron chi connectivity index (χ3n) is 2.56. The van der Waals surface area contributed by atoms with Crippen molar-refractivity contribution in [3.63, 3.8) is 0 Å². The maximum absolute atomic E-state index is 12.0. The van der Waals surface area contributed by atoms with Crippen LogP contribution in [0, 0.1) is 0 Å². The Kier molecular flexibility index (Phi) is 6.44. The summed E-state index contributed by atoms with van der Waals surface area (Å²) in [6.45, 7) is 0.504. The van der Waals surface area contributed by atoms with Crippen molar-refractivity contribution in [2.75, 3.05) is 19.0 Å². The van der Waals surface area contributed by atoms with Gasteiger partial charge in [0.2, 0.25) is 5.91 Å². The Morgan fingerprint density at radius 2 is 1.95 bits per heavy atom. The van der Waals surface area contributed by atoms with Crippen LogP contribution in [-0.4, -0.2) is 32.0 Å². The zero-order chi connectivity index (χ0) is 15.9. The summed E-state index contributed by atoms with van der Waals surface area (Å²) in [5.74, 6) is -0.763. The van der Waals surface area contributed by atoms with Crippen LogP contribution < -0.4 is 15.8 Å². The van der Waals surface area contributed by atoms with Crippen LogP contribution in [0.2, 0.25) is 0 Å². The van der Waals surface area contributed by atoms with E-state index >= 15 is 0 Å². The minimum Gasteiger partial charge on any atom is -0.406 e. The molecule has 0 saturated carbocycles. The number of methoxy groups -OCH3 is 1. The largest absolute Gasteiger partial charge is 0.573 e. The van der Waals surface area contributed by atoms with Crippen molar-refractivity contribution in [2.45, 2.75) is 25.2 Å². The predicted molar refractivity (Wildman–Crippen MR) is 70.8 cm³/mol. The van der Waals surface area contributed by atoms with E-state index in [0.29, 0.717) is 25.1 Å². The Balaban J connectivity index is 2.49. The molecule has 1 amide bonds. The van der Waals surface area contributed by atoms with Crippen LogP contribution in [0.5, 0.6) is 5.75 Å². The molecule has 1 aromatic rings. The molecule has 1 unspecified atom stereocenters. The fourth-order valence-electron chi connectivity index (χ4n) is 1.55. The van der Waals surface area contributed by atoms with E-state index < -0.39 is 18.3 Å². The molecule has 5 nitrogen and oxygen atoms in total. The van der Waals surface area contributed by atoms with Gasteiger partial charge in [0, 0.05) is 19.4 Å². The first-order chi connectivity index (χ1) is 9.81. The van der Waals surface area contributed by atoms with Crippen LogP contribution >= 0.6 is 0 Å². The Morgan fingerprint density at radius 3 is 2.48 bits per heavy atom. The van der Waals surface area contributed by atoms with Gasteiger partial charge in [0.25, 0.3) is 0 Å². The van der Waals surface area contributed by atoms with Gasteiger partial charge >= 0.3 is 6.36 Å². The number of nitrogens with two attached hydrogens (primary N) is 1. The van der Waals surface area contributed by atoms with E-state index in [2.05, 4.69) is 10.1 Å². The first-order valence-corrected chi connectivity index (χ1v) is 6.23. The number of carbonyl (C=O) groups is 1. The number of ether oxygens (including phenoxy) is 2. The highest BCUT2D eigenvalue weighted by atomic mass is 19.4. The van der Waals surface area contributed by atoms with Gasteiger partial charge in [-0.15, -0.1) is 13.2 Å². The van der Waals surface area contributed by atoms with Gasteiger partial charge in [-0.1, -0.05) is 0 Å². The first kappa shape index (κ1) is 17.3. The third kappa shape index (κ3) is 6.96. The van der Waals surface area contributed by atoms with Crippen LogP contribution in [0.4, 0.5) is 18.9 Å². The summed E-state index contributed by atoms with van der Waals surface area (Å²) in [6.07, 6.45) is -3.65. The molecule has 21 heavy (non-hydrogen) atoms. The summed E-state index contributed by atoms with van der Waals surface area (Å²) in [5, 5.41) is 2.52. The van der Waals surface area contributed by atoms with Gasteiger partial charge in [0.15, 0.2) is 0 Å². The number of anilines is 1. The molecular weight excluding hydrogens is 289 g/mol. The van der Waals surface area contributed by atoms with E-state index in [-0.39, 0.29) is 5.75 Å². The maximum Gasteiger partial charge on any atom is 0.573 e. The summed E-state index contributed by atoms with van der Waals surface area (Å²) < 4.78 is 44.5. The van der Waals surface area contributed by atoms with Crippen molar-refractivity contribution >= 4 is 11.6 Å². The first-order valence-electron chi connectivity index (χ1n) is 6.23. The number of halogens is 3. The molecule has 0 heterocycles. The van der Waals surface area contributed by atoms with E-state index in [1.807, 2.05) is 0 Å². The highest BCUT2D eigenvalue weighted by Gasteiger charge is 2.30. The van der Waals surface area contributed by atoms with Crippen LogP contribution in [0.25, 0.3) is 0 Å². The van der Waals surface area contributed by atoms with Gasteiger partial charge in [0.1, 0.15) is 5.75 Å². The second-order valence-electron chi connectivity index (χ2n) is 4.30. The Morgan fingerprint density at radius 1 is 1.33 bits per heavy atom. The third-order valence-corrected chi connectivity index (χ3v) is 2.56. The van der Waals surface area contributed by atoms with Gasteiger partial charge < -0.3 is 20.5 Å². The lowest BCUT2D eigenvalue weighted by Gasteiger charge is -2.13. The summed E-state index contributed by atoms with van der Waals surface area (Å²) in [7, 11) is 1.55. The molecule has 0 spiro atoms. The topological polar surface area (TPSA) is 73.6 Å². The van der Waals surface area contributed by atoms with Crippen molar-refractivity contribution < 1.29 is 27.4 Å². The molecule has 0 radical (unpaired) electrons. The molecule has 0 aromatic heterocycles. The fourth-order valence-corrected chi connectivity index (χ4v) is 1.55. The number of hydrogen-bond acceptors (Lipinski definition) is 4. The summed E-state index contributed by atoms with van der Waals surface area (Å²) in [5.41, 5.74) is 6.02. The molecule has 0 aliphatic rings. The fraction of sp³-hybridized carbons (Fsp3) is 0.462. The van der Waals surface area contributed by atoms with Gasteiger partial charge in [-0.05, 0) is 37.1 Å². The van der Waals surface area contributed by atoms with Crippen molar-refractivity contribution in [3.8, 4) is 5.75 Å². The van der Waals surface area contributed by atoms with Crippen molar-refractivity contribution in [1.29, 1.82) is 0 Å². The summed E-state index contributed by atoms with van der Waals surface area (Å²) in [4.78, 5) is 11.7. The average molecular weight is 306 g/mol. The molecule has 118 valence electrons. The molecule has 8 heteroatoms. The summed E-state index contributed by atoms with van der Waals surface area (Å²) in [6, 6.07) is 4.13.